The van der Waals surface area contributed by atoms with Gasteiger partial charge in [0.25, 0.3) is 0 Å². The standard InChI is InChI=1S/C25H28O3/c26-23(19-9-3-1-4-10-19)17-15-21-13-7-8-14-22(25(21)28)16-18-24(27)20-11-5-2-6-12-20/h1-6,9-12,21-22H,7-8,13-18H2/t21-,22+. The minimum atomic E-state index is -0.0491. The van der Waals surface area contributed by atoms with Crippen LogP contribution in [0.5, 0.6) is 0 Å². The van der Waals surface area contributed by atoms with Crippen LogP contribution in [-0.4, -0.2) is 17.3 Å². The number of rotatable bonds is 8. The van der Waals surface area contributed by atoms with Crippen molar-refractivity contribution in [2.24, 2.45) is 11.8 Å². The molecule has 0 bridgehead atoms. The molecular weight excluding hydrogens is 348 g/mol. The smallest absolute Gasteiger partial charge is 0.162 e. The Bertz CT molecular complexity index is 728. The molecule has 1 aliphatic rings. The molecule has 0 amide bonds. The molecule has 0 saturated heterocycles. The second-order valence-electron chi connectivity index (χ2n) is 7.74. The van der Waals surface area contributed by atoms with E-state index in [1.165, 1.54) is 0 Å². The van der Waals surface area contributed by atoms with Gasteiger partial charge < -0.3 is 0 Å². The SMILES string of the molecule is O=C(CC[C@H]1CCCC[C@@H](CCC(=O)c2ccccc2)C1=O)c1ccccc1. The third-order valence-corrected chi connectivity index (χ3v) is 5.79. The van der Waals surface area contributed by atoms with Crippen LogP contribution in [0.4, 0.5) is 0 Å². The van der Waals surface area contributed by atoms with E-state index in [9.17, 15) is 14.4 Å². The first-order chi connectivity index (χ1) is 13.6. The van der Waals surface area contributed by atoms with E-state index in [0.717, 1.165) is 25.7 Å². The van der Waals surface area contributed by atoms with Crippen LogP contribution in [0.2, 0.25) is 0 Å². The van der Waals surface area contributed by atoms with E-state index in [4.69, 9.17) is 0 Å². The maximum absolute atomic E-state index is 13.0. The summed E-state index contributed by atoms with van der Waals surface area (Å²) in [5.41, 5.74) is 1.43. The van der Waals surface area contributed by atoms with Gasteiger partial charge in [-0.3, -0.25) is 14.4 Å². The van der Waals surface area contributed by atoms with Gasteiger partial charge >= 0.3 is 0 Å². The predicted molar refractivity (Wildman–Crippen MR) is 110 cm³/mol. The molecule has 3 heteroatoms. The summed E-state index contributed by atoms with van der Waals surface area (Å²) in [6.07, 6.45) is 5.85. The predicted octanol–water partition coefficient (Wildman–Crippen LogP) is 5.69. The molecule has 2 atom stereocenters. The van der Waals surface area contributed by atoms with Gasteiger partial charge in [-0.05, 0) is 25.7 Å². The van der Waals surface area contributed by atoms with Gasteiger partial charge in [0, 0.05) is 35.8 Å². The summed E-state index contributed by atoms with van der Waals surface area (Å²) in [5, 5.41) is 0. The molecule has 1 fully saturated rings. The van der Waals surface area contributed by atoms with Gasteiger partial charge in [0.15, 0.2) is 11.6 Å². The van der Waals surface area contributed by atoms with Crippen LogP contribution in [0.3, 0.4) is 0 Å². The Morgan fingerprint density at radius 1 is 0.679 bits per heavy atom. The number of benzene rings is 2. The van der Waals surface area contributed by atoms with Crippen LogP contribution in [0, 0.1) is 11.8 Å². The van der Waals surface area contributed by atoms with Crippen LogP contribution >= 0.6 is 0 Å². The third-order valence-electron chi connectivity index (χ3n) is 5.79. The fraction of sp³-hybridized carbons (Fsp3) is 0.400. The Balaban J connectivity index is 1.54. The van der Waals surface area contributed by atoms with Crippen LogP contribution in [-0.2, 0) is 4.79 Å². The van der Waals surface area contributed by atoms with E-state index in [-0.39, 0.29) is 29.2 Å². The molecule has 0 heterocycles. The molecular formula is C25H28O3. The molecule has 3 nitrogen and oxygen atoms in total. The van der Waals surface area contributed by atoms with E-state index >= 15 is 0 Å². The first kappa shape index (κ1) is 20.2. The lowest BCUT2D eigenvalue weighted by molar-refractivity contribution is -0.127. The zero-order chi connectivity index (χ0) is 19.8. The Kier molecular flexibility index (Phi) is 7.30. The second kappa shape index (κ2) is 10.1. The first-order valence-corrected chi connectivity index (χ1v) is 10.4. The van der Waals surface area contributed by atoms with E-state index in [1.54, 1.807) is 0 Å². The lowest BCUT2D eigenvalue weighted by atomic mass is 9.84. The summed E-state index contributed by atoms with van der Waals surface area (Å²) in [6.45, 7) is 0. The maximum atomic E-state index is 13.0. The number of ketones is 3. The Morgan fingerprint density at radius 3 is 1.46 bits per heavy atom. The highest BCUT2D eigenvalue weighted by Crippen LogP contribution is 2.31. The Morgan fingerprint density at radius 2 is 1.07 bits per heavy atom. The lowest BCUT2D eigenvalue weighted by Gasteiger charge is -2.18. The first-order valence-electron chi connectivity index (χ1n) is 10.4. The molecule has 0 spiro atoms. The second-order valence-corrected chi connectivity index (χ2v) is 7.74. The molecule has 0 unspecified atom stereocenters. The minimum absolute atomic E-state index is 0.0491. The number of hydrogen-bond acceptors (Lipinski definition) is 3. The average molecular weight is 376 g/mol. The molecule has 1 saturated carbocycles. The molecule has 1 aliphatic carbocycles. The lowest BCUT2D eigenvalue weighted by Crippen LogP contribution is -2.23. The summed E-state index contributed by atoms with van der Waals surface area (Å²) < 4.78 is 0. The molecule has 0 N–H and O–H groups in total. The molecule has 2 aromatic rings. The van der Waals surface area contributed by atoms with Crippen molar-refractivity contribution < 1.29 is 14.4 Å². The number of Topliss-reactive ketones (excluding diaryl/α,β-unsaturated/α-hetero) is 3. The van der Waals surface area contributed by atoms with Crippen molar-refractivity contribution >= 4 is 17.3 Å². The van der Waals surface area contributed by atoms with Gasteiger partial charge in [-0.15, -0.1) is 0 Å². The Hall–Kier alpha value is -2.55. The van der Waals surface area contributed by atoms with E-state index in [1.807, 2.05) is 60.7 Å². The molecule has 0 radical (unpaired) electrons. The van der Waals surface area contributed by atoms with Crippen molar-refractivity contribution in [2.75, 3.05) is 0 Å². The fourth-order valence-corrected chi connectivity index (χ4v) is 4.12. The maximum Gasteiger partial charge on any atom is 0.162 e. The molecule has 28 heavy (non-hydrogen) atoms. The molecule has 0 aromatic heterocycles. The largest absolute Gasteiger partial charge is 0.299 e. The van der Waals surface area contributed by atoms with Crippen molar-refractivity contribution in [3.8, 4) is 0 Å². The summed E-state index contributed by atoms with van der Waals surface area (Å²) in [7, 11) is 0. The van der Waals surface area contributed by atoms with Gasteiger partial charge in [0.05, 0.1) is 0 Å². The van der Waals surface area contributed by atoms with Gasteiger partial charge in [-0.25, -0.2) is 0 Å². The van der Waals surface area contributed by atoms with E-state index in [0.29, 0.717) is 36.8 Å². The van der Waals surface area contributed by atoms with Crippen molar-refractivity contribution in [1.29, 1.82) is 0 Å². The molecule has 3 rings (SSSR count). The topological polar surface area (TPSA) is 51.2 Å². The summed E-state index contributed by atoms with van der Waals surface area (Å²) in [4.78, 5) is 37.8. The van der Waals surface area contributed by atoms with Crippen LogP contribution in [0.1, 0.15) is 72.1 Å². The van der Waals surface area contributed by atoms with Gasteiger partial charge in [-0.2, -0.15) is 0 Å². The summed E-state index contributed by atoms with van der Waals surface area (Å²) >= 11 is 0. The van der Waals surface area contributed by atoms with Crippen LogP contribution < -0.4 is 0 Å². The van der Waals surface area contributed by atoms with Gasteiger partial charge in [0.2, 0.25) is 0 Å². The van der Waals surface area contributed by atoms with Gasteiger partial charge in [0.1, 0.15) is 5.78 Å². The molecule has 0 aliphatic heterocycles. The highest BCUT2D eigenvalue weighted by Gasteiger charge is 2.29. The van der Waals surface area contributed by atoms with E-state index in [2.05, 4.69) is 0 Å². The number of carbonyl (C=O) groups excluding carboxylic acids is 3. The van der Waals surface area contributed by atoms with Crippen molar-refractivity contribution in [2.45, 2.75) is 51.4 Å². The van der Waals surface area contributed by atoms with Crippen molar-refractivity contribution in [3.05, 3.63) is 71.8 Å². The minimum Gasteiger partial charge on any atom is -0.299 e. The number of carbonyl (C=O) groups is 3. The third kappa shape index (κ3) is 5.48. The normalized spacial score (nSPS) is 19.8. The average Bonchev–Trinajstić information content (AvgIpc) is 2.92. The molecule has 146 valence electrons. The van der Waals surface area contributed by atoms with Crippen LogP contribution in [0.15, 0.2) is 60.7 Å². The van der Waals surface area contributed by atoms with Gasteiger partial charge in [-0.1, -0.05) is 73.5 Å². The van der Waals surface area contributed by atoms with Crippen molar-refractivity contribution in [1.82, 2.24) is 0 Å². The van der Waals surface area contributed by atoms with E-state index < -0.39 is 0 Å². The number of hydrogen-bond donors (Lipinski definition) is 0. The van der Waals surface area contributed by atoms with Crippen LogP contribution in [0.25, 0.3) is 0 Å². The summed E-state index contributed by atoms with van der Waals surface area (Å²) in [6, 6.07) is 18.6. The monoisotopic (exact) mass is 376 g/mol. The zero-order valence-electron chi connectivity index (χ0n) is 16.3. The molecule has 2 aromatic carbocycles. The highest BCUT2D eigenvalue weighted by atomic mass is 16.1. The quantitative estimate of drug-likeness (QED) is 0.439. The highest BCUT2D eigenvalue weighted by molar-refractivity contribution is 5.97. The summed E-state index contributed by atoms with van der Waals surface area (Å²) in [5.74, 6) is 0.375. The Labute approximate surface area is 167 Å². The fourth-order valence-electron chi connectivity index (χ4n) is 4.12. The zero-order valence-corrected chi connectivity index (χ0v) is 16.3. The van der Waals surface area contributed by atoms with Crippen molar-refractivity contribution in [3.63, 3.8) is 0 Å².